The van der Waals surface area contributed by atoms with Gasteiger partial charge in [-0.3, -0.25) is 10.00 Å². The minimum Gasteiger partial charge on any atom is -0.369 e. The number of nitrogens with one attached hydrogen (secondary N) is 1. The van der Waals surface area contributed by atoms with Gasteiger partial charge in [0.2, 0.25) is 0 Å². The average molecular weight is 322 g/mol. The first-order valence-electron chi connectivity index (χ1n) is 8.71. The van der Waals surface area contributed by atoms with Crippen LogP contribution in [0.25, 0.3) is 0 Å². The molecule has 1 aliphatic heterocycles. The topological polar surface area (TPSA) is 71.8 Å². The highest BCUT2D eigenvalue weighted by Crippen LogP contribution is 2.37. The van der Waals surface area contributed by atoms with Crippen LogP contribution in [0.4, 0.5) is 5.69 Å². The van der Waals surface area contributed by atoms with E-state index in [-0.39, 0.29) is 0 Å². The first-order chi connectivity index (χ1) is 11.8. The van der Waals surface area contributed by atoms with E-state index in [1.807, 2.05) is 24.3 Å². The second kappa shape index (κ2) is 6.62. The molecule has 1 N–H and O–H groups in total. The van der Waals surface area contributed by atoms with Crippen LogP contribution in [0.15, 0.2) is 24.3 Å². The third-order valence-electron chi connectivity index (χ3n) is 4.82. The maximum absolute atomic E-state index is 9.31. The summed E-state index contributed by atoms with van der Waals surface area (Å²) in [6.45, 7) is 4.76. The molecule has 1 aromatic heterocycles. The van der Waals surface area contributed by atoms with Crippen LogP contribution in [0.2, 0.25) is 0 Å². The van der Waals surface area contributed by atoms with Gasteiger partial charge in [0.05, 0.1) is 17.8 Å². The number of H-pyrrole nitrogens is 1. The van der Waals surface area contributed by atoms with Crippen molar-refractivity contribution in [3.63, 3.8) is 0 Å². The Hall–Kier alpha value is -2.39. The minimum atomic E-state index is 0.595. The lowest BCUT2D eigenvalue weighted by atomic mass is 10.1. The van der Waals surface area contributed by atoms with Gasteiger partial charge in [0, 0.05) is 32.1 Å². The Bertz CT molecular complexity index is 742. The van der Waals surface area contributed by atoms with Gasteiger partial charge >= 0.3 is 0 Å². The number of aromatic amines is 1. The summed E-state index contributed by atoms with van der Waals surface area (Å²) in [5.41, 5.74) is 1.81. The molecule has 6 heteroatoms. The molecule has 0 atom stereocenters. The predicted octanol–water partition coefficient (Wildman–Crippen LogP) is 2.27. The summed E-state index contributed by atoms with van der Waals surface area (Å²) in [6.07, 6.45) is 3.55. The Kier molecular flexibility index (Phi) is 4.18. The van der Waals surface area contributed by atoms with Crippen LogP contribution in [-0.4, -0.2) is 46.3 Å². The van der Waals surface area contributed by atoms with E-state index in [0.717, 1.165) is 62.0 Å². The Balaban J connectivity index is 1.39. The number of nitrogens with zero attached hydrogens (tertiary/aromatic N) is 5. The maximum Gasteiger partial charge on any atom is 0.153 e. The largest absolute Gasteiger partial charge is 0.369 e. The maximum atomic E-state index is 9.31. The summed E-state index contributed by atoms with van der Waals surface area (Å²) in [6, 6.07) is 10.2. The molecule has 1 aliphatic carbocycles. The first kappa shape index (κ1) is 15.2. The molecule has 1 aromatic carbocycles. The summed E-state index contributed by atoms with van der Waals surface area (Å²) in [7, 11) is 0. The highest BCUT2D eigenvalue weighted by atomic mass is 15.3. The minimum absolute atomic E-state index is 0.595. The van der Waals surface area contributed by atoms with Crippen molar-refractivity contribution >= 4 is 5.69 Å². The number of para-hydroxylation sites is 1. The van der Waals surface area contributed by atoms with E-state index < -0.39 is 0 Å². The lowest BCUT2D eigenvalue weighted by Gasteiger charge is -2.24. The van der Waals surface area contributed by atoms with Gasteiger partial charge in [0.15, 0.2) is 5.82 Å². The SMILES string of the molecule is N#Cc1ccccc1N1CCCN(Cc2nc(C3CC3)n[nH]2)CC1. The Labute approximate surface area is 142 Å². The fourth-order valence-electron chi connectivity index (χ4n) is 3.33. The molecular formula is C18H22N6. The molecule has 1 saturated heterocycles. The lowest BCUT2D eigenvalue weighted by Crippen LogP contribution is -2.31. The third kappa shape index (κ3) is 3.26. The molecule has 0 unspecified atom stereocenters. The smallest absolute Gasteiger partial charge is 0.153 e. The van der Waals surface area contributed by atoms with E-state index in [1.54, 1.807) is 0 Å². The molecule has 2 aromatic rings. The van der Waals surface area contributed by atoms with Crippen molar-refractivity contribution in [3.8, 4) is 6.07 Å². The van der Waals surface area contributed by atoms with Gasteiger partial charge in [-0.05, 0) is 31.4 Å². The number of aromatic nitrogens is 3. The highest BCUT2D eigenvalue weighted by Gasteiger charge is 2.28. The molecular weight excluding hydrogens is 300 g/mol. The van der Waals surface area contributed by atoms with Gasteiger partial charge < -0.3 is 4.90 Å². The predicted molar refractivity (Wildman–Crippen MR) is 91.6 cm³/mol. The number of nitriles is 1. The molecule has 6 nitrogen and oxygen atoms in total. The van der Waals surface area contributed by atoms with Crippen LogP contribution in [-0.2, 0) is 6.54 Å². The molecule has 2 heterocycles. The summed E-state index contributed by atoms with van der Waals surface area (Å²) in [5, 5.41) is 16.8. The fraction of sp³-hybridized carbons (Fsp3) is 0.500. The summed E-state index contributed by atoms with van der Waals surface area (Å²) in [4.78, 5) is 9.39. The highest BCUT2D eigenvalue weighted by molar-refractivity contribution is 5.59. The zero-order valence-corrected chi connectivity index (χ0v) is 13.8. The molecule has 24 heavy (non-hydrogen) atoms. The molecule has 1 saturated carbocycles. The lowest BCUT2D eigenvalue weighted by molar-refractivity contribution is 0.278. The Morgan fingerprint density at radius 1 is 1.17 bits per heavy atom. The second-order valence-corrected chi connectivity index (χ2v) is 6.66. The first-order valence-corrected chi connectivity index (χ1v) is 8.71. The van der Waals surface area contributed by atoms with Gasteiger partial charge in [-0.15, -0.1) is 0 Å². The zero-order valence-electron chi connectivity index (χ0n) is 13.8. The average Bonchev–Trinajstić information content (AvgIpc) is 3.40. The van der Waals surface area contributed by atoms with Crippen molar-refractivity contribution in [1.82, 2.24) is 20.1 Å². The zero-order chi connectivity index (χ0) is 16.4. The van der Waals surface area contributed by atoms with Crippen molar-refractivity contribution in [2.24, 2.45) is 0 Å². The van der Waals surface area contributed by atoms with Crippen molar-refractivity contribution in [2.45, 2.75) is 31.7 Å². The van der Waals surface area contributed by atoms with Crippen molar-refractivity contribution in [3.05, 3.63) is 41.5 Å². The normalized spacial score (nSPS) is 19.0. The molecule has 2 aliphatic rings. The number of hydrogen-bond donors (Lipinski definition) is 1. The fourth-order valence-corrected chi connectivity index (χ4v) is 3.33. The van der Waals surface area contributed by atoms with Crippen LogP contribution in [0.5, 0.6) is 0 Å². The van der Waals surface area contributed by atoms with Gasteiger partial charge in [0.25, 0.3) is 0 Å². The number of rotatable bonds is 4. The summed E-state index contributed by atoms with van der Waals surface area (Å²) < 4.78 is 0. The van der Waals surface area contributed by atoms with Crippen LogP contribution < -0.4 is 4.90 Å². The number of benzene rings is 1. The summed E-state index contributed by atoms with van der Waals surface area (Å²) in [5.74, 6) is 2.56. The Morgan fingerprint density at radius 2 is 2.04 bits per heavy atom. The number of hydrogen-bond acceptors (Lipinski definition) is 5. The summed E-state index contributed by atoms with van der Waals surface area (Å²) >= 11 is 0. The van der Waals surface area contributed by atoms with Crippen LogP contribution in [0.3, 0.4) is 0 Å². The van der Waals surface area contributed by atoms with E-state index >= 15 is 0 Å². The van der Waals surface area contributed by atoms with Gasteiger partial charge in [0.1, 0.15) is 11.9 Å². The van der Waals surface area contributed by atoms with Crippen molar-refractivity contribution in [2.75, 3.05) is 31.1 Å². The Morgan fingerprint density at radius 3 is 2.88 bits per heavy atom. The molecule has 0 amide bonds. The molecule has 2 fully saturated rings. The molecule has 0 spiro atoms. The molecule has 4 rings (SSSR count). The van der Waals surface area contributed by atoms with Crippen LogP contribution in [0.1, 0.15) is 42.4 Å². The standard InChI is InChI=1S/C18H22N6/c19-12-15-4-1-2-5-16(15)24-9-3-8-23(10-11-24)13-17-20-18(22-21-17)14-6-7-14/h1-2,4-5,14H,3,6-11,13H2,(H,20,21,22). The van der Waals surface area contributed by atoms with Crippen LogP contribution >= 0.6 is 0 Å². The monoisotopic (exact) mass is 322 g/mol. The second-order valence-electron chi connectivity index (χ2n) is 6.66. The van der Waals surface area contributed by atoms with Crippen molar-refractivity contribution in [1.29, 1.82) is 5.26 Å². The van der Waals surface area contributed by atoms with E-state index in [0.29, 0.717) is 5.92 Å². The van der Waals surface area contributed by atoms with E-state index in [4.69, 9.17) is 0 Å². The van der Waals surface area contributed by atoms with E-state index in [1.165, 1.54) is 12.8 Å². The van der Waals surface area contributed by atoms with Gasteiger partial charge in [-0.2, -0.15) is 10.4 Å². The quantitative estimate of drug-likeness (QED) is 0.935. The van der Waals surface area contributed by atoms with Gasteiger partial charge in [-0.1, -0.05) is 12.1 Å². The molecule has 0 bridgehead atoms. The molecule has 124 valence electrons. The third-order valence-corrected chi connectivity index (χ3v) is 4.82. The van der Waals surface area contributed by atoms with E-state index in [9.17, 15) is 5.26 Å². The van der Waals surface area contributed by atoms with Gasteiger partial charge in [-0.25, -0.2) is 4.98 Å². The van der Waals surface area contributed by atoms with E-state index in [2.05, 4.69) is 31.1 Å². The number of anilines is 1. The van der Waals surface area contributed by atoms with Crippen LogP contribution in [0, 0.1) is 11.3 Å². The van der Waals surface area contributed by atoms with Crippen molar-refractivity contribution < 1.29 is 0 Å². The molecule has 0 radical (unpaired) electrons.